The molecule has 0 spiro atoms. The minimum Gasteiger partial charge on any atom is -0.334 e. The Bertz CT molecular complexity index is 363. The third-order valence-electron chi connectivity index (χ3n) is 1.72. The molecule has 15 heavy (non-hydrogen) atoms. The third kappa shape index (κ3) is 4.51. The molecule has 0 bridgehead atoms. The Hall–Kier alpha value is -1.48. The van der Waals surface area contributed by atoms with Crippen LogP contribution in [0.3, 0.4) is 0 Å². The highest BCUT2D eigenvalue weighted by molar-refractivity contribution is 6.30. The summed E-state index contributed by atoms with van der Waals surface area (Å²) in [6.07, 6.45) is 3.33. The Kier molecular flexibility index (Phi) is 4.71. The summed E-state index contributed by atoms with van der Waals surface area (Å²) in [6.45, 7) is 2.29. The lowest BCUT2D eigenvalue weighted by Crippen LogP contribution is -2.31. The van der Waals surface area contributed by atoms with Crippen molar-refractivity contribution < 1.29 is 4.79 Å². The molecule has 0 aliphatic rings. The highest BCUT2D eigenvalue weighted by Gasteiger charge is 1.97. The molecule has 80 valence electrons. The van der Waals surface area contributed by atoms with Gasteiger partial charge >= 0.3 is 6.03 Å². The average Bonchev–Trinajstić information content (AvgIpc) is 2.23. The zero-order valence-electron chi connectivity index (χ0n) is 8.46. The van der Waals surface area contributed by atoms with Crippen LogP contribution in [0.5, 0.6) is 0 Å². The normalized spacial score (nSPS) is 10.3. The van der Waals surface area contributed by atoms with Crippen LogP contribution in [0.15, 0.2) is 36.5 Å². The number of benzene rings is 1. The summed E-state index contributed by atoms with van der Waals surface area (Å²) in [6, 6.07) is 7.14. The number of rotatable bonds is 3. The van der Waals surface area contributed by atoms with Crippen LogP contribution in [-0.4, -0.2) is 6.03 Å². The second kappa shape index (κ2) is 6.09. The van der Waals surface area contributed by atoms with Crippen LogP contribution in [0.25, 0.3) is 0 Å². The van der Waals surface area contributed by atoms with Crippen molar-refractivity contribution in [3.63, 3.8) is 0 Å². The summed E-state index contributed by atoms with van der Waals surface area (Å²) in [4.78, 5) is 11.2. The molecule has 2 N–H and O–H groups in total. The summed E-state index contributed by atoms with van der Waals surface area (Å²) in [5, 5.41) is 5.92. The Morgan fingerprint density at radius 3 is 3.00 bits per heavy atom. The predicted octanol–water partition coefficient (Wildman–Crippen LogP) is 2.67. The highest BCUT2D eigenvalue weighted by Crippen LogP contribution is 2.09. The fourth-order valence-electron chi connectivity index (χ4n) is 1.04. The van der Waals surface area contributed by atoms with Gasteiger partial charge in [0.15, 0.2) is 0 Å². The minimum absolute atomic E-state index is 0.229. The van der Waals surface area contributed by atoms with Crippen LogP contribution in [0.4, 0.5) is 4.79 Å². The van der Waals surface area contributed by atoms with Crippen LogP contribution in [0.2, 0.25) is 5.02 Å². The number of allylic oxidation sites excluding steroid dienone is 1. The van der Waals surface area contributed by atoms with E-state index in [9.17, 15) is 4.79 Å². The minimum atomic E-state index is -0.229. The van der Waals surface area contributed by atoms with Gasteiger partial charge in [0.2, 0.25) is 0 Å². The van der Waals surface area contributed by atoms with Crippen LogP contribution in [0.1, 0.15) is 12.5 Å². The number of hydrogen-bond donors (Lipinski definition) is 2. The first-order chi connectivity index (χ1) is 7.22. The highest BCUT2D eigenvalue weighted by atomic mass is 35.5. The maximum Gasteiger partial charge on any atom is 0.319 e. The van der Waals surface area contributed by atoms with E-state index in [4.69, 9.17) is 11.6 Å². The lowest BCUT2D eigenvalue weighted by molar-refractivity contribution is 0.243. The first kappa shape index (κ1) is 11.6. The lowest BCUT2D eigenvalue weighted by atomic mass is 10.2. The molecule has 1 aromatic carbocycles. The van der Waals surface area contributed by atoms with E-state index >= 15 is 0 Å². The van der Waals surface area contributed by atoms with E-state index in [1.165, 1.54) is 0 Å². The molecule has 2 amide bonds. The average molecular weight is 225 g/mol. The third-order valence-corrected chi connectivity index (χ3v) is 1.96. The van der Waals surface area contributed by atoms with Crippen LogP contribution in [-0.2, 0) is 6.54 Å². The van der Waals surface area contributed by atoms with Gasteiger partial charge in [-0.1, -0.05) is 29.8 Å². The smallest absolute Gasteiger partial charge is 0.319 e. The number of halogens is 1. The van der Waals surface area contributed by atoms with Gasteiger partial charge in [-0.3, -0.25) is 0 Å². The lowest BCUT2D eigenvalue weighted by Gasteiger charge is -2.04. The quantitative estimate of drug-likeness (QED) is 0.815. The number of nitrogens with one attached hydrogen (secondary N) is 2. The molecule has 0 aliphatic heterocycles. The molecular formula is C11H13ClN2O. The van der Waals surface area contributed by atoms with E-state index in [0.29, 0.717) is 11.6 Å². The predicted molar refractivity (Wildman–Crippen MR) is 61.6 cm³/mol. The van der Waals surface area contributed by atoms with Crippen molar-refractivity contribution in [3.05, 3.63) is 47.1 Å². The van der Waals surface area contributed by atoms with Gasteiger partial charge in [-0.05, 0) is 24.6 Å². The molecule has 0 heterocycles. The summed E-state index contributed by atoms with van der Waals surface area (Å²) in [7, 11) is 0. The number of amides is 2. The van der Waals surface area contributed by atoms with Crippen molar-refractivity contribution in [3.8, 4) is 0 Å². The number of carbonyl (C=O) groups is 1. The monoisotopic (exact) mass is 224 g/mol. The summed E-state index contributed by atoms with van der Waals surface area (Å²) >= 11 is 5.80. The van der Waals surface area contributed by atoms with Crippen molar-refractivity contribution >= 4 is 17.6 Å². The van der Waals surface area contributed by atoms with Gasteiger partial charge in [-0.25, -0.2) is 4.79 Å². The first-order valence-electron chi connectivity index (χ1n) is 4.62. The van der Waals surface area contributed by atoms with Crippen molar-refractivity contribution in [1.82, 2.24) is 10.6 Å². The van der Waals surface area contributed by atoms with Gasteiger partial charge in [0.1, 0.15) is 0 Å². The number of carbonyl (C=O) groups excluding carboxylic acids is 1. The molecule has 4 heteroatoms. The van der Waals surface area contributed by atoms with Gasteiger partial charge in [0, 0.05) is 17.8 Å². The van der Waals surface area contributed by atoms with E-state index in [2.05, 4.69) is 10.6 Å². The first-order valence-corrected chi connectivity index (χ1v) is 5.00. The van der Waals surface area contributed by atoms with Gasteiger partial charge in [-0.2, -0.15) is 0 Å². The van der Waals surface area contributed by atoms with E-state index < -0.39 is 0 Å². The molecule has 0 radical (unpaired) electrons. The van der Waals surface area contributed by atoms with Crippen molar-refractivity contribution in [2.45, 2.75) is 13.5 Å². The topological polar surface area (TPSA) is 41.1 Å². The SMILES string of the molecule is C/C=C/NC(=O)NCc1cccc(Cl)c1. The molecule has 0 saturated heterocycles. The second-order valence-electron chi connectivity index (χ2n) is 2.96. The fraction of sp³-hybridized carbons (Fsp3) is 0.182. The number of hydrogen-bond acceptors (Lipinski definition) is 1. The Morgan fingerprint density at radius 2 is 2.33 bits per heavy atom. The van der Waals surface area contributed by atoms with Crippen LogP contribution in [0, 0.1) is 0 Å². The molecule has 1 aromatic rings. The Balaban J connectivity index is 2.40. The molecule has 0 unspecified atom stereocenters. The maximum atomic E-state index is 11.2. The van der Waals surface area contributed by atoms with E-state index in [1.807, 2.05) is 25.1 Å². The standard InChI is InChI=1S/C11H13ClN2O/c1-2-6-13-11(15)14-8-9-4-3-5-10(12)7-9/h2-7H,8H2,1H3,(H2,13,14,15)/b6-2+. The zero-order chi connectivity index (χ0) is 11.1. The van der Waals surface area contributed by atoms with Gasteiger partial charge in [0.05, 0.1) is 0 Å². The van der Waals surface area contributed by atoms with Gasteiger partial charge in [0.25, 0.3) is 0 Å². The Labute approximate surface area is 94.1 Å². The van der Waals surface area contributed by atoms with Crippen molar-refractivity contribution in [2.24, 2.45) is 0 Å². The van der Waals surface area contributed by atoms with Crippen LogP contribution >= 0.6 is 11.6 Å². The molecular weight excluding hydrogens is 212 g/mol. The summed E-state index contributed by atoms with van der Waals surface area (Å²) in [5.41, 5.74) is 0.970. The van der Waals surface area contributed by atoms with E-state index in [1.54, 1.807) is 18.3 Å². The fourth-order valence-corrected chi connectivity index (χ4v) is 1.25. The van der Waals surface area contributed by atoms with Crippen molar-refractivity contribution in [2.75, 3.05) is 0 Å². The molecule has 0 saturated carbocycles. The molecule has 3 nitrogen and oxygen atoms in total. The molecule has 1 rings (SSSR count). The summed E-state index contributed by atoms with van der Waals surface area (Å²) in [5.74, 6) is 0. The molecule has 0 fully saturated rings. The zero-order valence-corrected chi connectivity index (χ0v) is 9.21. The molecule has 0 aliphatic carbocycles. The summed E-state index contributed by atoms with van der Waals surface area (Å²) < 4.78 is 0. The van der Waals surface area contributed by atoms with E-state index in [0.717, 1.165) is 5.56 Å². The second-order valence-corrected chi connectivity index (χ2v) is 3.39. The van der Waals surface area contributed by atoms with Crippen molar-refractivity contribution in [1.29, 1.82) is 0 Å². The number of urea groups is 1. The van der Waals surface area contributed by atoms with Gasteiger partial charge < -0.3 is 10.6 Å². The molecule has 0 atom stereocenters. The van der Waals surface area contributed by atoms with Crippen LogP contribution < -0.4 is 10.6 Å². The maximum absolute atomic E-state index is 11.2. The largest absolute Gasteiger partial charge is 0.334 e. The Morgan fingerprint density at radius 1 is 1.53 bits per heavy atom. The van der Waals surface area contributed by atoms with Gasteiger partial charge in [-0.15, -0.1) is 0 Å². The van der Waals surface area contributed by atoms with E-state index in [-0.39, 0.29) is 6.03 Å². The molecule has 0 aromatic heterocycles.